The van der Waals surface area contributed by atoms with Crippen molar-refractivity contribution in [2.45, 2.75) is 38.8 Å². The first-order valence-corrected chi connectivity index (χ1v) is 10.8. The van der Waals surface area contributed by atoms with E-state index in [4.69, 9.17) is 10.7 Å². The average molecular weight is 483 g/mol. The van der Waals surface area contributed by atoms with Crippen LogP contribution in [-0.4, -0.2) is 38.7 Å². The van der Waals surface area contributed by atoms with Crippen molar-refractivity contribution in [1.29, 1.82) is 5.26 Å². The van der Waals surface area contributed by atoms with Gasteiger partial charge in [0.2, 0.25) is 11.9 Å². The Morgan fingerprint density at radius 2 is 2.26 bits per heavy atom. The molecule has 0 spiro atoms. The van der Waals surface area contributed by atoms with Gasteiger partial charge in [-0.05, 0) is 59.0 Å². The Labute approximate surface area is 188 Å². The van der Waals surface area contributed by atoms with Crippen molar-refractivity contribution in [3.63, 3.8) is 0 Å². The van der Waals surface area contributed by atoms with Gasteiger partial charge in [0.25, 0.3) is 0 Å². The summed E-state index contributed by atoms with van der Waals surface area (Å²) in [5, 5.41) is 20.8. The van der Waals surface area contributed by atoms with Gasteiger partial charge < -0.3 is 16.4 Å². The Balaban J connectivity index is 1.68. The molecule has 3 aromatic rings. The van der Waals surface area contributed by atoms with Crippen LogP contribution in [0.1, 0.15) is 37.3 Å². The highest BCUT2D eigenvalue weighted by molar-refractivity contribution is 9.10. The summed E-state index contributed by atoms with van der Waals surface area (Å²) in [5.74, 6) is 0.533. The number of benzene rings is 1. The van der Waals surface area contributed by atoms with E-state index < -0.39 is 5.41 Å². The lowest BCUT2D eigenvalue weighted by molar-refractivity contribution is -0.129. The third kappa shape index (κ3) is 3.98. The number of fused-ring (bicyclic) bond motifs is 1. The number of nitrogens with one attached hydrogen (secondary N) is 2. The van der Waals surface area contributed by atoms with E-state index in [0.29, 0.717) is 40.4 Å². The molecule has 1 saturated carbocycles. The molecule has 1 aromatic carbocycles. The highest BCUT2D eigenvalue weighted by Crippen LogP contribution is 2.39. The first-order valence-electron chi connectivity index (χ1n) is 10.0. The number of halogens is 1. The number of anilines is 1. The average Bonchev–Trinajstić information content (AvgIpc) is 3.33. The molecule has 2 aromatic heterocycles. The lowest BCUT2D eigenvalue weighted by atomic mass is 9.87. The van der Waals surface area contributed by atoms with Crippen molar-refractivity contribution in [1.82, 2.24) is 25.1 Å². The van der Waals surface area contributed by atoms with Gasteiger partial charge in [0, 0.05) is 31.2 Å². The van der Waals surface area contributed by atoms with Gasteiger partial charge in [-0.2, -0.15) is 15.3 Å². The second-order valence-electron chi connectivity index (χ2n) is 8.06. The molecule has 1 aliphatic carbocycles. The first kappa shape index (κ1) is 21.2. The Bertz CT molecular complexity index is 1200. The van der Waals surface area contributed by atoms with Crippen LogP contribution in [0.3, 0.4) is 0 Å². The zero-order valence-electron chi connectivity index (χ0n) is 17.3. The Hall–Kier alpha value is -3.03. The van der Waals surface area contributed by atoms with Gasteiger partial charge in [-0.25, -0.2) is 9.67 Å². The fourth-order valence-corrected chi connectivity index (χ4v) is 4.59. The van der Waals surface area contributed by atoms with E-state index in [1.54, 1.807) is 30.1 Å². The van der Waals surface area contributed by atoms with E-state index in [9.17, 15) is 10.1 Å². The van der Waals surface area contributed by atoms with Crippen LogP contribution in [0.15, 0.2) is 29.0 Å². The molecule has 31 heavy (non-hydrogen) atoms. The fraction of sp³-hybridized carbons (Fsp3) is 0.381. The number of hydrogen-bond donors (Lipinski definition) is 3. The van der Waals surface area contributed by atoms with Crippen LogP contribution in [-0.2, 0) is 11.3 Å². The fourth-order valence-electron chi connectivity index (χ4n) is 4.15. The summed E-state index contributed by atoms with van der Waals surface area (Å²) in [5.41, 5.74) is 8.05. The van der Waals surface area contributed by atoms with E-state index in [0.717, 1.165) is 23.8 Å². The Morgan fingerprint density at radius 1 is 1.45 bits per heavy atom. The number of aromatic nitrogens is 4. The van der Waals surface area contributed by atoms with Crippen molar-refractivity contribution in [2.75, 3.05) is 12.4 Å². The lowest BCUT2D eigenvalue weighted by Gasteiger charge is -2.22. The molecule has 160 valence electrons. The molecule has 0 unspecified atom stereocenters. The molecule has 0 saturated heterocycles. The quantitative estimate of drug-likeness (QED) is 0.508. The van der Waals surface area contributed by atoms with Gasteiger partial charge in [-0.3, -0.25) is 4.79 Å². The second kappa shape index (κ2) is 8.24. The standard InChI is InChI=1S/C21H23BrN8O/c1-21(19(31)25-2)4-3-14(8-21)27-20-26-11-16-17(22)29-30(18(16)28-20)15-6-12(9-23)5-13(7-15)10-24/h5-7,11,14H,3-4,8-9,23H2,1-2H3,(H,25,31)(H,26,27,28)/t14-,21-/m1/s1. The maximum absolute atomic E-state index is 12.2. The lowest BCUT2D eigenvalue weighted by Crippen LogP contribution is -2.35. The predicted octanol–water partition coefficient (Wildman–Crippen LogP) is 2.63. The van der Waals surface area contributed by atoms with Crippen molar-refractivity contribution in [2.24, 2.45) is 11.1 Å². The minimum absolute atomic E-state index is 0.0586. The zero-order valence-corrected chi connectivity index (χ0v) is 18.9. The SMILES string of the molecule is CNC(=O)[C@]1(C)CC[C@@H](Nc2ncc3c(Br)nn(-c4cc(C#N)cc(CN)c4)c3n2)C1. The van der Waals surface area contributed by atoms with Gasteiger partial charge in [0.1, 0.15) is 4.60 Å². The molecular formula is C21H23BrN8O. The molecule has 0 radical (unpaired) electrons. The maximum atomic E-state index is 12.2. The number of nitrogens with two attached hydrogens (primary N) is 1. The molecule has 0 bridgehead atoms. The molecule has 1 amide bonds. The van der Waals surface area contributed by atoms with E-state index in [1.807, 2.05) is 13.0 Å². The van der Waals surface area contributed by atoms with Crippen molar-refractivity contribution in [3.05, 3.63) is 40.1 Å². The maximum Gasteiger partial charge on any atom is 0.225 e. The van der Waals surface area contributed by atoms with E-state index in [-0.39, 0.29) is 11.9 Å². The molecule has 1 aliphatic rings. The molecule has 2 atom stereocenters. The van der Waals surface area contributed by atoms with E-state index in [1.165, 1.54) is 0 Å². The molecule has 9 nitrogen and oxygen atoms in total. The number of nitrogens with zero attached hydrogens (tertiary/aromatic N) is 5. The van der Waals surface area contributed by atoms with E-state index in [2.05, 4.69) is 42.7 Å². The van der Waals surface area contributed by atoms with Crippen LogP contribution >= 0.6 is 15.9 Å². The third-order valence-electron chi connectivity index (χ3n) is 5.82. The number of amides is 1. The van der Waals surface area contributed by atoms with Crippen LogP contribution in [0.2, 0.25) is 0 Å². The zero-order chi connectivity index (χ0) is 22.2. The largest absolute Gasteiger partial charge is 0.359 e. The summed E-state index contributed by atoms with van der Waals surface area (Å²) in [6.07, 6.45) is 4.08. The second-order valence-corrected chi connectivity index (χ2v) is 8.81. The summed E-state index contributed by atoms with van der Waals surface area (Å²) in [4.78, 5) is 21.3. The molecule has 2 heterocycles. The van der Waals surface area contributed by atoms with Crippen molar-refractivity contribution < 1.29 is 4.79 Å². The minimum atomic E-state index is -0.391. The monoisotopic (exact) mass is 482 g/mol. The summed E-state index contributed by atoms with van der Waals surface area (Å²) in [7, 11) is 1.67. The summed E-state index contributed by atoms with van der Waals surface area (Å²) in [6, 6.07) is 7.66. The molecule has 4 rings (SSSR count). The van der Waals surface area contributed by atoms with Crippen LogP contribution in [0, 0.1) is 16.7 Å². The van der Waals surface area contributed by atoms with Crippen LogP contribution < -0.4 is 16.4 Å². The van der Waals surface area contributed by atoms with Gasteiger partial charge in [0.15, 0.2) is 5.65 Å². The van der Waals surface area contributed by atoms with Crippen LogP contribution in [0.5, 0.6) is 0 Å². The Morgan fingerprint density at radius 3 is 2.97 bits per heavy atom. The van der Waals surface area contributed by atoms with Gasteiger partial charge in [0.05, 0.1) is 22.7 Å². The highest BCUT2D eigenvalue weighted by atomic mass is 79.9. The molecule has 1 fully saturated rings. The number of nitriles is 1. The summed E-state index contributed by atoms with van der Waals surface area (Å²) >= 11 is 3.47. The third-order valence-corrected chi connectivity index (χ3v) is 6.40. The minimum Gasteiger partial charge on any atom is -0.359 e. The number of carbonyl (C=O) groups is 1. The number of rotatable bonds is 5. The number of carbonyl (C=O) groups excluding carboxylic acids is 1. The smallest absolute Gasteiger partial charge is 0.225 e. The topological polar surface area (TPSA) is 135 Å². The molecule has 0 aliphatic heterocycles. The predicted molar refractivity (Wildman–Crippen MR) is 120 cm³/mol. The summed E-state index contributed by atoms with van der Waals surface area (Å²) < 4.78 is 2.29. The molecule has 4 N–H and O–H groups in total. The molecular weight excluding hydrogens is 460 g/mol. The van der Waals surface area contributed by atoms with E-state index >= 15 is 0 Å². The normalized spacial score (nSPS) is 20.5. The number of hydrogen-bond acceptors (Lipinski definition) is 7. The van der Waals surface area contributed by atoms with Crippen molar-refractivity contribution >= 4 is 38.8 Å². The van der Waals surface area contributed by atoms with Gasteiger partial charge >= 0.3 is 0 Å². The van der Waals surface area contributed by atoms with Crippen LogP contribution in [0.25, 0.3) is 16.7 Å². The Kier molecular flexibility index (Phi) is 5.64. The highest BCUT2D eigenvalue weighted by Gasteiger charge is 2.40. The first-order chi connectivity index (χ1) is 14.9. The van der Waals surface area contributed by atoms with Gasteiger partial charge in [-0.15, -0.1) is 0 Å². The summed E-state index contributed by atoms with van der Waals surface area (Å²) in [6.45, 7) is 2.30. The van der Waals surface area contributed by atoms with Gasteiger partial charge in [-0.1, -0.05) is 6.92 Å². The molecule has 10 heteroatoms. The van der Waals surface area contributed by atoms with Crippen LogP contribution in [0.4, 0.5) is 5.95 Å². The van der Waals surface area contributed by atoms with Crippen molar-refractivity contribution in [3.8, 4) is 11.8 Å².